The number of likely N-dealkylation sites (N-methyl/N-ethyl adjacent to an activating group) is 1. The summed E-state index contributed by atoms with van der Waals surface area (Å²) in [6.45, 7) is 1.92. The summed E-state index contributed by atoms with van der Waals surface area (Å²) in [4.78, 5) is 13.3. The molecule has 1 aromatic rings. The molecule has 2 atom stereocenters. The van der Waals surface area contributed by atoms with E-state index >= 15 is 0 Å². The molecule has 0 bridgehead atoms. The highest BCUT2D eigenvalue weighted by atomic mass is 79.9. The fourth-order valence-corrected chi connectivity index (χ4v) is 3.21. The van der Waals surface area contributed by atoms with Crippen LogP contribution in [0.4, 0.5) is 0 Å². The summed E-state index contributed by atoms with van der Waals surface area (Å²) in [5.74, 6) is -0.733. The lowest BCUT2D eigenvalue weighted by atomic mass is 10.0. The first-order valence-electron chi connectivity index (χ1n) is 6.27. The first-order valence-corrected chi connectivity index (χ1v) is 7.07. The lowest BCUT2D eigenvalue weighted by molar-refractivity contribution is -0.143. The molecule has 0 amide bonds. The molecule has 0 aromatic heterocycles. The maximum absolute atomic E-state index is 11.3. The van der Waals surface area contributed by atoms with Gasteiger partial charge in [0.25, 0.3) is 0 Å². The van der Waals surface area contributed by atoms with Crippen molar-refractivity contribution in [3.05, 3.63) is 33.8 Å². The Morgan fingerprint density at radius 2 is 2.33 bits per heavy atom. The van der Waals surface area contributed by atoms with E-state index in [2.05, 4.69) is 34.1 Å². The van der Waals surface area contributed by atoms with Crippen LogP contribution in [0.5, 0.6) is 0 Å². The Balaban J connectivity index is 2.27. The molecule has 1 aliphatic rings. The van der Waals surface area contributed by atoms with Crippen LogP contribution in [0.1, 0.15) is 36.9 Å². The van der Waals surface area contributed by atoms with Gasteiger partial charge in [-0.1, -0.05) is 28.9 Å². The molecule has 1 aliphatic carbocycles. The summed E-state index contributed by atoms with van der Waals surface area (Å²) in [6.07, 6.45) is 2.67. The second-order valence-electron chi connectivity index (χ2n) is 4.83. The van der Waals surface area contributed by atoms with Gasteiger partial charge in [-0.25, -0.2) is 0 Å². The highest BCUT2D eigenvalue weighted by molar-refractivity contribution is 9.10. The van der Waals surface area contributed by atoms with Crippen LogP contribution < -0.4 is 0 Å². The van der Waals surface area contributed by atoms with Gasteiger partial charge in [-0.05, 0) is 49.6 Å². The van der Waals surface area contributed by atoms with E-state index in [0.717, 1.165) is 17.3 Å². The maximum atomic E-state index is 11.3. The van der Waals surface area contributed by atoms with E-state index in [1.807, 2.05) is 18.9 Å². The average Bonchev–Trinajstić information content (AvgIpc) is 2.71. The SMILES string of the molecule is CCC(C(=O)O)N(C)C1CCc2ccc(Br)cc21. The second kappa shape index (κ2) is 5.41. The summed E-state index contributed by atoms with van der Waals surface area (Å²) in [7, 11) is 1.92. The quantitative estimate of drug-likeness (QED) is 0.928. The highest BCUT2D eigenvalue weighted by Gasteiger charge is 2.32. The van der Waals surface area contributed by atoms with Crippen LogP contribution in [-0.2, 0) is 11.2 Å². The van der Waals surface area contributed by atoms with E-state index in [4.69, 9.17) is 0 Å². The molecule has 98 valence electrons. The number of hydrogen-bond acceptors (Lipinski definition) is 2. The average molecular weight is 312 g/mol. The molecule has 0 saturated carbocycles. The van der Waals surface area contributed by atoms with Gasteiger partial charge in [-0.15, -0.1) is 0 Å². The second-order valence-corrected chi connectivity index (χ2v) is 5.74. The zero-order valence-corrected chi connectivity index (χ0v) is 12.3. The van der Waals surface area contributed by atoms with Crippen molar-refractivity contribution in [2.75, 3.05) is 7.05 Å². The topological polar surface area (TPSA) is 40.5 Å². The third kappa shape index (κ3) is 2.45. The third-order valence-electron chi connectivity index (χ3n) is 3.81. The summed E-state index contributed by atoms with van der Waals surface area (Å²) >= 11 is 3.49. The molecule has 2 unspecified atom stereocenters. The van der Waals surface area contributed by atoms with Gasteiger partial charge in [0.2, 0.25) is 0 Å². The van der Waals surface area contributed by atoms with Crippen LogP contribution in [0.2, 0.25) is 0 Å². The number of fused-ring (bicyclic) bond motifs is 1. The van der Waals surface area contributed by atoms with Crippen LogP contribution in [0, 0.1) is 0 Å². The molecule has 1 N–H and O–H groups in total. The minimum absolute atomic E-state index is 0.221. The standard InChI is InChI=1S/C14H18BrNO2/c1-3-12(14(17)18)16(2)13-7-5-9-4-6-10(15)8-11(9)13/h4,6,8,12-13H,3,5,7H2,1-2H3,(H,17,18). The number of aliphatic carboxylic acids is 1. The smallest absolute Gasteiger partial charge is 0.320 e. The Bertz CT molecular complexity index is 461. The van der Waals surface area contributed by atoms with Gasteiger partial charge in [0.15, 0.2) is 0 Å². The molecule has 0 spiro atoms. The van der Waals surface area contributed by atoms with Crippen molar-refractivity contribution in [2.45, 2.75) is 38.3 Å². The van der Waals surface area contributed by atoms with Crippen molar-refractivity contribution >= 4 is 21.9 Å². The summed E-state index contributed by atoms with van der Waals surface area (Å²) in [5.41, 5.74) is 2.61. The van der Waals surface area contributed by atoms with Crippen molar-refractivity contribution in [1.29, 1.82) is 0 Å². The first-order chi connectivity index (χ1) is 8.54. The Morgan fingerprint density at radius 1 is 1.61 bits per heavy atom. The molecule has 0 saturated heterocycles. The molecular weight excluding hydrogens is 294 g/mol. The normalized spacial score (nSPS) is 19.9. The predicted octanol–water partition coefficient (Wildman–Crippen LogP) is 3.23. The molecule has 0 fully saturated rings. The van der Waals surface area contributed by atoms with Crippen LogP contribution >= 0.6 is 15.9 Å². The fraction of sp³-hybridized carbons (Fsp3) is 0.500. The number of carboxylic acids is 1. The maximum Gasteiger partial charge on any atom is 0.320 e. The number of aryl methyl sites for hydroxylation is 1. The van der Waals surface area contributed by atoms with E-state index in [-0.39, 0.29) is 6.04 Å². The largest absolute Gasteiger partial charge is 0.480 e. The van der Waals surface area contributed by atoms with Gasteiger partial charge in [0, 0.05) is 10.5 Å². The predicted molar refractivity (Wildman–Crippen MR) is 74.7 cm³/mol. The van der Waals surface area contributed by atoms with E-state index in [1.165, 1.54) is 11.1 Å². The van der Waals surface area contributed by atoms with E-state index in [9.17, 15) is 9.90 Å². The monoisotopic (exact) mass is 311 g/mol. The summed E-state index contributed by atoms with van der Waals surface area (Å²) in [5, 5.41) is 9.26. The van der Waals surface area contributed by atoms with E-state index in [1.54, 1.807) is 0 Å². The van der Waals surface area contributed by atoms with Gasteiger partial charge in [0.05, 0.1) is 0 Å². The van der Waals surface area contributed by atoms with Gasteiger partial charge in [-0.2, -0.15) is 0 Å². The molecule has 4 heteroatoms. The molecular formula is C14H18BrNO2. The Morgan fingerprint density at radius 3 is 2.94 bits per heavy atom. The van der Waals surface area contributed by atoms with Gasteiger partial charge >= 0.3 is 5.97 Å². The number of halogens is 1. The van der Waals surface area contributed by atoms with Crippen LogP contribution in [-0.4, -0.2) is 29.1 Å². The number of carboxylic acid groups (broad SMARTS) is 1. The Labute approximate surface area is 116 Å². The number of nitrogens with zero attached hydrogens (tertiary/aromatic N) is 1. The van der Waals surface area contributed by atoms with Gasteiger partial charge in [-0.3, -0.25) is 9.69 Å². The van der Waals surface area contributed by atoms with Crippen LogP contribution in [0.25, 0.3) is 0 Å². The minimum Gasteiger partial charge on any atom is -0.480 e. The highest BCUT2D eigenvalue weighted by Crippen LogP contribution is 2.37. The first kappa shape index (κ1) is 13.6. The Hall–Kier alpha value is -0.870. The van der Waals surface area contributed by atoms with Crippen molar-refractivity contribution < 1.29 is 9.90 Å². The lowest BCUT2D eigenvalue weighted by Crippen LogP contribution is -2.39. The van der Waals surface area contributed by atoms with Gasteiger partial charge < -0.3 is 5.11 Å². The number of benzene rings is 1. The van der Waals surface area contributed by atoms with Crippen LogP contribution in [0.15, 0.2) is 22.7 Å². The molecule has 0 radical (unpaired) electrons. The zero-order valence-electron chi connectivity index (χ0n) is 10.7. The summed E-state index contributed by atoms with van der Waals surface area (Å²) in [6, 6.07) is 6.13. The Kier molecular flexibility index (Phi) is 4.07. The van der Waals surface area contributed by atoms with Crippen molar-refractivity contribution in [3.8, 4) is 0 Å². The molecule has 3 nitrogen and oxygen atoms in total. The number of hydrogen-bond donors (Lipinski definition) is 1. The van der Waals surface area contributed by atoms with E-state index < -0.39 is 12.0 Å². The molecule has 0 heterocycles. The third-order valence-corrected chi connectivity index (χ3v) is 4.30. The number of rotatable bonds is 4. The molecule has 2 rings (SSSR count). The van der Waals surface area contributed by atoms with Gasteiger partial charge in [0.1, 0.15) is 6.04 Å². The molecule has 1 aromatic carbocycles. The minimum atomic E-state index is -0.733. The van der Waals surface area contributed by atoms with Crippen LogP contribution in [0.3, 0.4) is 0 Å². The van der Waals surface area contributed by atoms with Crippen molar-refractivity contribution in [2.24, 2.45) is 0 Å². The van der Waals surface area contributed by atoms with E-state index in [0.29, 0.717) is 6.42 Å². The van der Waals surface area contributed by atoms with Crippen molar-refractivity contribution in [3.63, 3.8) is 0 Å². The fourth-order valence-electron chi connectivity index (χ4n) is 2.83. The number of carbonyl (C=O) groups is 1. The van der Waals surface area contributed by atoms with Crippen molar-refractivity contribution in [1.82, 2.24) is 4.90 Å². The molecule has 18 heavy (non-hydrogen) atoms. The lowest BCUT2D eigenvalue weighted by Gasteiger charge is -2.30. The summed E-state index contributed by atoms with van der Waals surface area (Å²) < 4.78 is 1.06. The zero-order chi connectivity index (χ0) is 13.3. The molecule has 0 aliphatic heterocycles.